The van der Waals surface area contributed by atoms with Gasteiger partial charge in [0.1, 0.15) is 17.8 Å². The highest BCUT2D eigenvalue weighted by Crippen LogP contribution is 2.14. The van der Waals surface area contributed by atoms with Crippen LogP contribution in [-0.4, -0.2) is 38.3 Å². The van der Waals surface area contributed by atoms with E-state index in [1.54, 1.807) is 37.0 Å². The zero-order valence-electron chi connectivity index (χ0n) is 12.5. The van der Waals surface area contributed by atoms with E-state index >= 15 is 0 Å². The molecule has 20 heavy (non-hydrogen) atoms. The maximum absolute atomic E-state index is 12.4. The van der Waals surface area contributed by atoms with Crippen LogP contribution in [0.5, 0.6) is 0 Å². The Hall–Kier alpha value is -1.63. The SMILES string of the molecule is Cc1cc[n+](C)cc1S(=O)(=O)CN(C)C(=O)NC(C)C. The van der Waals surface area contributed by atoms with Crippen molar-refractivity contribution in [3.8, 4) is 0 Å². The molecule has 0 aliphatic heterocycles. The summed E-state index contributed by atoms with van der Waals surface area (Å²) in [6.07, 6.45) is 3.34. The molecule has 0 fully saturated rings. The lowest BCUT2D eigenvalue weighted by atomic mass is 10.3. The van der Waals surface area contributed by atoms with Gasteiger partial charge in [0.2, 0.25) is 9.84 Å². The number of sulfone groups is 1. The summed E-state index contributed by atoms with van der Waals surface area (Å²) in [7, 11) is -0.326. The Morgan fingerprint density at radius 3 is 2.60 bits per heavy atom. The second-order valence-corrected chi connectivity index (χ2v) is 7.13. The van der Waals surface area contributed by atoms with Crippen LogP contribution in [0.1, 0.15) is 19.4 Å². The van der Waals surface area contributed by atoms with Crippen LogP contribution >= 0.6 is 0 Å². The molecule has 0 aliphatic carbocycles. The van der Waals surface area contributed by atoms with E-state index in [4.69, 9.17) is 0 Å². The highest BCUT2D eigenvalue weighted by atomic mass is 32.2. The first-order chi connectivity index (χ1) is 9.13. The van der Waals surface area contributed by atoms with Crippen LogP contribution in [0.3, 0.4) is 0 Å². The van der Waals surface area contributed by atoms with Crippen molar-refractivity contribution in [1.82, 2.24) is 10.2 Å². The van der Waals surface area contributed by atoms with Crippen LogP contribution in [-0.2, 0) is 16.9 Å². The van der Waals surface area contributed by atoms with Gasteiger partial charge in [0.15, 0.2) is 12.4 Å². The summed E-state index contributed by atoms with van der Waals surface area (Å²) in [4.78, 5) is 13.2. The van der Waals surface area contributed by atoms with Crippen LogP contribution < -0.4 is 9.88 Å². The number of amides is 2. The number of rotatable bonds is 4. The molecule has 2 amide bonds. The highest BCUT2D eigenvalue weighted by Gasteiger charge is 2.24. The van der Waals surface area contributed by atoms with Crippen molar-refractivity contribution < 1.29 is 17.8 Å². The molecule has 0 aliphatic rings. The lowest BCUT2D eigenvalue weighted by Crippen LogP contribution is -2.43. The van der Waals surface area contributed by atoms with Crippen molar-refractivity contribution in [2.75, 3.05) is 12.9 Å². The Labute approximate surface area is 120 Å². The van der Waals surface area contributed by atoms with Gasteiger partial charge in [0.25, 0.3) is 0 Å². The van der Waals surface area contributed by atoms with E-state index in [2.05, 4.69) is 5.32 Å². The van der Waals surface area contributed by atoms with E-state index in [-0.39, 0.29) is 16.8 Å². The lowest BCUT2D eigenvalue weighted by molar-refractivity contribution is -0.673. The maximum Gasteiger partial charge on any atom is 0.318 e. The number of nitrogens with zero attached hydrogens (tertiary/aromatic N) is 2. The summed E-state index contributed by atoms with van der Waals surface area (Å²) < 4.78 is 26.4. The molecule has 0 bridgehead atoms. The summed E-state index contributed by atoms with van der Waals surface area (Å²) in [5, 5.41) is 2.66. The molecule has 6 nitrogen and oxygen atoms in total. The normalized spacial score (nSPS) is 11.5. The van der Waals surface area contributed by atoms with E-state index < -0.39 is 15.9 Å². The van der Waals surface area contributed by atoms with Gasteiger partial charge in [-0.05, 0) is 26.3 Å². The molecule has 112 valence electrons. The minimum Gasteiger partial charge on any atom is -0.336 e. The smallest absolute Gasteiger partial charge is 0.318 e. The maximum atomic E-state index is 12.4. The number of aryl methyl sites for hydroxylation is 2. The van der Waals surface area contributed by atoms with Gasteiger partial charge < -0.3 is 10.2 Å². The van der Waals surface area contributed by atoms with Gasteiger partial charge in [-0.25, -0.2) is 17.8 Å². The summed E-state index contributed by atoms with van der Waals surface area (Å²) in [6, 6.07) is 1.30. The summed E-state index contributed by atoms with van der Waals surface area (Å²) in [6.45, 7) is 5.38. The number of pyridine rings is 1. The fourth-order valence-electron chi connectivity index (χ4n) is 1.71. The lowest BCUT2D eigenvalue weighted by Gasteiger charge is -2.19. The molecule has 0 unspecified atom stereocenters. The Balaban J connectivity index is 2.95. The van der Waals surface area contributed by atoms with Gasteiger partial charge in [-0.2, -0.15) is 0 Å². The highest BCUT2D eigenvalue weighted by molar-refractivity contribution is 7.91. The van der Waals surface area contributed by atoms with Crippen LogP contribution in [0.15, 0.2) is 23.4 Å². The van der Waals surface area contributed by atoms with Crippen molar-refractivity contribution >= 4 is 15.9 Å². The molecular weight excluding hydrogens is 278 g/mol. The van der Waals surface area contributed by atoms with Crippen molar-refractivity contribution in [3.05, 3.63) is 24.0 Å². The third kappa shape index (κ3) is 4.19. The second-order valence-electron chi connectivity index (χ2n) is 5.20. The number of hydrogen-bond acceptors (Lipinski definition) is 3. The van der Waals surface area contributed by atoms with E-state index in [9.17, 15) is 13.2 Å². The van der Waals surface area contributed by atoms with Crippen molar-refractivity contribution in [3.63, 3.8) is 0 Å². The van der Waals surface area contributed by atoms with Gasteiger partial charge in [-0.3, -0.25) is 0 Å². The van der Waals surface area contributed by atoms with E-state index in [0.29, 0.717) is 5.56 Å². The first-order valence-electron chi connectivity index (χ1n) is 6.33. The van der Waals surface area contributed by atoms with Gasteiger partial charge in [0.05, 0.1) is 0 Å². The molecular formula is C13H22N3O3S+. The zero-order valence-corrected chi connectivity index (χ0v) is 13.4. The average molecular weight is 300 g/mol. The largest absolute Gasteiger partial charge is 0.336 e. The predicted octanol–water partition coefficient (Wildman–Crippen LogP) is 0.601. The van der Waals surface area contributed by atoms with E-state index in [0.717, 1.165) is 0 Å². The summed E-state index contributed by atoms with van der Waals surface area (Å²) in [5.41, 5.74) is 0.667. The Morgan fingerprint density at radius 1 is 1.45 bits per heavy atom. The van der Waals surface area contributed by atoms with Crippen molar-refractivity contribution in [2.24, 2.45) is 7.05 Å². The average Bonchev–Trinajstić information content (AvgIpc) is 2.30. The number of carbonyl (C=O) groups is 1. The molecule has 0 spiro atoms. The first kappa shape index (κ1) is 16.4. The molecule has 1 aromatic rings. The third-order valence-corrected chi connectivity index (χ3v) is 4.55. The van der Waals surface area contributed by atoms with Crippen LogP contribution in [0, 0.1) is 6.92 Å². The van der Waals surface area contributed by atoms with E-state index in [1.807, 2.05) is 13.8 Å². The molecule has 1 aromatic heterocycles. The molecule has 1 heterocycles. The molecule has 1 rings (SSSR count). The number of aromatic nitrogens is 1. The molecule has 0 saturated heterocycles. The molecule has 0 radical (unpaired) electrons. The topological polar surface area (TPSA) is 70.4 Å². The number of nitrogens with one attached hydrogen (secondary N) is 1. The van der Waals surface area contributed by atoms with Crippen LogP contribution in [0.2, 0.25) is 0 Å². The van der Waals surface area contributed by atoms with Crippen LogP contribution in [0.4, 0.5) is 4.79 Å². The third-order valence-electron chi connectivity index (χ3n) is 2.73. The second kappa shape index (κ2) is 6.21. The fourth-order valence-corrected chi connectivity index (χ4v) is 3.36. The van der Waals surface area contributed by atoms with Gasteiger partial charge >= 0.3 is 6.03 Å². The predicted molar refractivity (Wildman–Crippen MR) is 75.8 cm³/mol. The minimum absolute atomic E-state index is 0.0380. The summed E-state index contributed by atoms with van der Waals surface area (Å²) in [5.74, 6) is -0.351. The van der Waals surface area contributed by atoms with Crippen LogP contribution in [0.25, 0.3) is 0 Å². The quantitative estimate of drug-likeness (QED) is 0.828. The monoisotopic (exact) mass is 300 g/mol. The standard InChI is InChI=1S/C13H21N3O3S/c1-10(2)14-13(17)16(5)9-20(18,19)12-8-15(4)7-6-11(12)3/h6-8,10H,9H2,1-5H3/p+1. The number of urea groups is 1. The zero-order chi connectivity index (χ0) is 15.5. The fraction of sp³-hybridized carbons (Fsp3) is 0.538. The Bertz CT molecular complexity index is 597. The Kier molecular flexibility index (Phi) is 5.10. The van der Waals surface area contributed by atoms with Crippen molar-refractivity contribution in [2.45, 2.75) is 31.7 Å². The molecule has 0 atom stereocenters. The number of carbonyl (C=O) groups excluding carboxylic acids is 1. The van der Waals surface area contributed by atoms with Gasteiger partial charge in [-0.1, -0.05) is 0 Å². The molecule has 0 aromatic carbocycles. The van der Waals surface area contributed by atoms with E-state index in [1.165, 1.54) is 11.9 Å². The molecule has 1 N–H and O–H groups in total. The van der Waals surface area contributed by atoms with Crippen molar-refractivity contribution in [1.29, 1.82) is 0 Å². The van der Waals surface area contributed by atoms with Gasteiger partial charge in [0, 0.05) is 19.2 Å². The minimum atomic E-state index is -3.55. The van der Waals surface area contributed by atoms with Gasteiger partial charge in [-0.15, -0.1) is 0 Å². The number of hydrogen-bond donors (Lipinski definition) is 1. The Morgan fingerprint density at radius 2 is 2.05 bits per heavy atom. The molecule has 0 saturated carbocycles. The first-order valence-corrected chi connectivity index (χ1v) is 7.99. The molecule has 7 heteroatoms. The summed E-state index contributed by atoms with van der Waals surface area (Å²) >= 11 is 0.